The summed E-state index contributed by atoms with van der Waals surface area (Å²) in [5.74, 6) is -1.45. The molecule has 6 heteroatoms. The van der Waals surface area contributed by atoms with Crippen LogP contribution in [0.5, 0.6) is 0 Å². The highest BCUT2D eigenvalue weighted by atomic mass is 19.1. The molecule has 1 atom stereocenters. The van der Waals surface area contributed by atoms with Crippen molar-refractivity contribution in [3.63, 3.8) is 0 Å². The van der Waals surface area contributed by atoms with Crippen LogP contribution in [0.25, 0.3) is 0 Å². The molecule has 1 unspecified atom stereocenters. The monoisotopic (exact) mass is 280 g/mol. The molecule has 1 aromatic rings. The van der Waals surface area contributed by atoms with Crippen LogP contribution in [0.15, 0.2) is 12.3 Å². The maximum atomic E-state index is 13.7. The Kier molecular flexibility index (Phi) is 4.89. The second-order valence-corrected chi connectivity index (χ2v) is 5.29. The van der Waals surface area contributed by atoms with Gasteiger partial charge in [-0.15, -0.1) is 0 Å². The van der Waals surface area contributed by atoms with E-state index in [1.807, 2.05) is 6.92 Å². The number of carbonyl (C=O) groups excluding carboxylic acids is 1. The van der Waals surface area contributed by atoms with E-state index >= 15 is 0 Å². The van der Waals surface area contributed by atoms with Gasteiger partial charge in [-0.2, -0.15) is 0 Å². The number of nitrogens with one attached hydrogen (secondary N) is 1. The van der Waals surface area contributed by atoms with Crippen molar-refractivity contribution in [1.82, 2.24) is 15.2 Å². The van der Waals surface area contributed by atoms with Gasteiger partial charge in [0.05, 0.1) is 5.56 Å². The Morgan fingerprint density at radius 2 is 2.20 bits per heavy atom. The lowest BCUT2D eigenvalue weighted by atomic mass is 10.1. The van der Waals surface area contributed by atoms with Crippen LogP contribution in [0.1, 0.15) is 36.5 Å². The zero-order valence-electron chi connectivity index (χ0n) is 11.7. The molecule has 2 heterocycles. The first-order chi connectivity index (χ1) is 9.58. The zero-order valence-corrected chi connectivity index (χ0v) is 11.7. The van der Waals surface area contributed by atoms with E-state index in [1.54, 1.807) is 0 Å². The fraction of sp³-hybridized carbons (Fsp3) is 0.571. The number of carbonyl (C=O) groups is 1. The highest BCUT2D eigenvalue weighted by Gasteiger charge is 2.18. The maximum Gasteiger partial charge on any atom is 0.254 e. The van der Waals surface area contributed by atoms with Gasteiger partial charge in [0.2, 0.25) is 0 Å². The summed E-state index contributed by atoms with van der Waals surface area (Å²) in [4.78, 5) is 18.0. The molecule has 0 saturated carbocycles. The van der Waals surface area contributed by atoms with E-state index in [0.717, 1.165) is 19.6 Å². The van der Waals surface area contributed by atoms with Crippen LogP contribution in [0.4, 0.5) is 10.2 Å². The number of halogens is 1. The maximum absolute atomic E-state index is 13.7. The number of pyridine rings is 1. The summed E-state index contributed by atoms with van der Waals surface area (Å²) in [6, 6.07) is 1.31. The third-order valence-electron chi connectivity index (χ3n) is 3.52. The minimum Gasteiger partial charge on any atom is -0.381 e. The second kappa shape index (κ2) is 6.65. The Bertz CT molecular complexity index is 474. The van der Waals surface area contributed by atoms with Gasteiger partial charge >= 0.3 is 0 Å². The summed E-state index contributed by atoms with van der Waals surface area (Å²) in [5.41, 5.74) is 5.31. The quantitative estimate of drug-likeness (QED) is 0.874. The molecular weight excluding hydrogens is 259 g/mol. The molecule has 2 rings (SSSR count). The summed E-state index contributed by atoms with van der Waals surface area (Å²) in [5, 5.41) is 2.81. The number of amides is 1. The molecule has 1 aromatic heterocycles. The molecule has 1 fully saturated rings. The molecule has 3 N–H and O–H groups in total. The lowest BCUT2D eigenvalue weighted by Crippen LogP contribution is -2.43. The summed E-state index contributed by atoms with van der Waals surface area (Å²) >= 11 is 0. The number of nitrogen functional groups attached to an aromatic ring is 1. The summed E-state index contributed by atoms with van der Waals surface area (Å²) < 4.78 is 13.7. The highest BCUT2D eigenvalue weighted by molar-refractivity contribution is 5.95. The van der Waals surface area contributed by atoms with E-state index < -0.39 is 11.7 Å². The fourth-order valence-corrected chi connectivity index (χ4v) is 2.51. The standard InChI is InChI=1S/C14H21FN4O/c1-10(9-19-7-3-2-4-8-19)18-14(20)11-5-6-17-13(16)12(11)15/h5-6,10H,2-4,7-9H2,1H3,(H2,16,17)(H,18,20). The van der Waals surface area contributed by atoms with Gasteiger partial charge in [0, 0.05) is 18.8 Å². The van der Waals surface area contributed by atoms with E-state index in [2.05, 4.69) is 15.2 Å². The third-order valence-corrected chi connectivity index (χ3v) is 3.52. The first-order valence-electron chi connectivity index (χ1n) is 7.01. The normalized spacial score (nSPS) is 17.7. The molecule has 20 heavy (non-hydrogen) atoms. The number of hydrogen-bond donors (Lipinski definition) is 2. The topological polar surface area (TPSA) is 71.2 Å². The van der Waals surface area contributed by atoms with Crippen LogP contribution < -0.4 is 11.1 Å². The van der Waals surface area contributed by atoms with Crippen molar-refractivity contribution in [2.24, 2.45) is 0 Å². The second-order valence-electron chi connectivity index (χ2n) is 5.29. The first-order valence-corrected chi connectivity index (χ1v) is 7.01. The number of aromatic nitrogens is 1. The van der Waals surface area contributed by atoms with Crippen LogP contribution in [-0.4, -0.2) is 41.5 Å². The Morgan fingerprint density at radius 3 is 2.90 bits per heavy atom. The van der Waals surface area contributed by atoms with E-state index in [0.29, 0.717) is 0 Å². The fourth-order valence-electron chi connectivity index (χ4n) is 2.51. The predicted molar refractivity (Wildman–Crippen MR) is 75.8 cm³/mol. The number of nitrogens with zero attached hydrogens (tertiary/aromatic N) is 2. The van der Waals surface area contributed by atoms with Crippen molar-refractivity contribution in [2.45, 2.75) is 32.2 Å². The summed E-state index contributed by atoms with van der Waals surface area (Å²) in [7, 11) is 0. The van der Waals surface area contributed by atoms with Crippen LogP contribution in [0.2, 0.25) is 0 Å². The van der Waals surface area contributed by atoms with E-state index in [1.165, 1.54) is 31.5 Å². The number of likely N-dealkylation sites (tertiary alicyclic amines) is 1. The minimum atomic E-state index is -0.754. The van der Waals surface area contributed by atoms with Crippen molar-refractivity contribution in [3.05, 3.63) is 23.6 Å². The molecule has 0 spiro atoms. The predicted octanol–water partition coefficient (Wildman–Crippen LogP) is 1.41. The van der Waals surface area contributed by atoms with Gasteiger partial charge in [0.25, 0.3) is 5.91 Å². The van der Waals surface area contributed by atoms with Crippen LogP contribution >= 0.6 is 0 Å². The Balaban J connectivity index is 1.91. The van der Waals surface area contributed by atoms with Crippen LogP contribution in [0, 0.1) is 5.82 Å². The van der Waals surface area contributed by atoms with Crippen LogP contribution in [-0.2, 0) is 0 Å². The van der Waals surface area contributed by atoms with Gasteiger partial charge in [0.15, 0.2) is 11.6 Å². The number of anilines is 1. The number of hydrogen-bond acceptors (Lipinski definition) is 4. The summed E-state index contributed by atoms with van der Waals surface area (Å²) in [6.07, 6.45) is 5.02. The lowest BCUT2D eigenvalue weighted by Gasteiger charge is -2.29. The number of piperidine rings is 1. The van der Waals surface area contributed by atoms with E-state index in [4.69, 9.17) is 5.73 Å². The Labute approximate surface area is 118 Å². The molecule has 0 aliphatic carbocycles. The average Bonchev–Trinajstić information content (AvgIpc) is 2.42. The molecule has 1 amide bonds. The van der Waals surface area contributed by atoms with Gasteiger partial charge < -0.3 is 16.0 Å². The van der Waals surface area contributed by atoms with E-state index in [-0.39, 0.29) is 17.4 Å². The molecular formula is C14H21FN4O. The van der Waals surface area contributed by atoms with Crippen molar-refractivity contribution in [3.8, 4) is 0 Å². The molecule has 0 bridgehead atoms. The van der Waals surface area contributed by atoms with Crippen LogP contribution in [0.3, 0.4) is 0 Å². The lowest BCUT2D eigenvalue weighted by molar-refractivity contribution is 0.0921. The Hall–Kier alpha value is -1.69. The molecule has 0 aromatic carbocycles. The van der Waals surface area contributed by atoms with Crippen molar-refractivity contribution >= 4 is 11.7 Å². The van der Waals surface area contributed by atoms with Gasteiger partial charge in [0.1, 0.15) is 0 Å². The van der Waals surface area contributed by atoms with E-state index in [9.17, 15) is 9.18 Å². The minimum absolute atomic E-state index is 0.0330. The summed E-state index contributed by atoms with van der Waals surface area (Å²) in [6.45, 7) is 4.84. The van der Waals surface area contributed by atoms with Gasteiger partial charge in [-0.1, -0.05) is 6.42 Å². The van der Waals surface area contributed by atoms with Gasteiger partial charge in [-0.3, -0.25) is 4.79 Å². The van der Waals surface area contributed by atoms with Crippen molar-refractivity contribution < 1.29 is 9.18 Å². The largest absolute Gasteiger partial charge is 0.381 e. The molecule has 110 valence electrons. The molecule has 0 radical (unpaired) electrons. The zero-order chi connectivity index (χ0) is 14.5. The molecule has 5 nitrogen and oxygen atoms in total. The third kappa shape index (κ3) is 3.66. The van der Waals surface area contributed by atoms with Gasteiger partial charge in [-0.05, 0) is 38.9 Å². The SMILES string of the molecule is CC(CN1CCCCC1)NC(=O)c1ccnc(N)c1F. The van der Waals surface area contributed by atoms with Crippen molar-refractivity contribution in [1.29, 1.82) is 0 Å². The van der Waals surface area contributed by atoms with Gasteiger partial charge in [-0.25, -0.2) is 9.37 Å². The molecule has 1 saturated heterocycles. The highest BCUT2D eigenvalue weighted by Crippen LogP contribution is 2.12. The molecule has 1 aliphatic heterocycles. The number of nitrogens with two attached hydrogens (primary N) is 1. The Morgan fingerprint density at radius 1 is 1.50 bits per heavy atom. The molecule has 1 aliphatic rings. The van der Waals surface area contributed by atoms with Crippen molar-refractivity contribution in [2.75, 3.05) is 25.4 Å². The number of rotatable bonds is 4. The first kappa shape index (κ1) is 14.7. The average molecular weight is 280 g/mol. The smallest absolute Gasteiger partial charge is 0.254 e.